The van der Waals surface area contributed by atoms with Crippen LogP contribution in [0.2, 0.25) is 0 Å². The molecular formula is C28H32O2S. The summed E-state index contributed by atoms with van der Waals surface area (Å²) in [6, 6.07) is 20.9. The molecule has 0 aliphatic heterocycles. The zero-order chi connectivity index (χ0) is 22.0. The molecule has 1 aliphatic carbocycles. The fourth-order valence-electron chi connectivity index (χ4n) is 4.95. The summed E-state index contributed by atoms with van der Waals surface area (Å²) in [6.45, 7) is 6.29. The largest absolute Gasteiger partial charge is 0.389 e. The maximum Gasteiger partial charge on any atom is 0.176 e. The summed E-state index contributed by atoms with van der Waals surface area (Å²) in [5, 5.41) is 9.85. The van der Waals surface area contributed by atoms with Crippen molar-refractivity contribution >= 4 is 17.1 Å². The summed E-state index contributed by atoms with van der Waals surface area (Å²) >= 11 is 1.63. The Morgan fingerprint density at radius 2 is 1.74 bits per heavy atom. The number of thiophene rings is 1. The van der Waals surface area contributed by atoms with Crippen LogP contribution in [0, 0.1) is 17.8 Å². The molecule has 2 aromatic carbocycles. The monoisotopic (exact) mass is 432 g/mol. The third-order valence-electron chi connectivity index (χ3n) is 6.66. The van der Waals surface area contributed by atoms with Crippen molar-refractivity contribution < 1.29 is 9.90 Å². The average molecular weight is 433 g/mol. The average Bonchev–Trinajstić information content (AvgIpc) is 3.44. The van der Waals surface area contributed by atoms with Gasteiger partial charge >= 0.3 is 0 Å². The highest BCUT2D eigenvalue weighted by Crippen LogP contribution is 2.40. The van der Waals surface area contributed by atoms with Crippen LogP contribution < -0.4 is 0 Å². The number of carbonyl (C=O) groups excluding carboxylic acids is 1. The molecule has 0 amide bonds. The van der Waals surface area contributed by atoms with E-state index in [-0.39, 0.29) is 5.92 Å². The second-order valence-corrected chi connectivity index (χ2v) is 10.4. The normalized spacial score (nSPS) is 19.6. The molecule has 3 unspecified atom stereocenters. The van der Waals surface area contributed by atoms with Gasteiger partial charge in [-0.25, -0.2) is 0 Å². The number of aliphatic hydroxyl groups excluding tert-OH is 1. The zero-order valence-corrected chi connectivity index (χ0v) is 19.5. The van der Waals surface area contributed by atoms with Crippen molar-refractivity contribution in [3.05, 3.63) is 82.2 Å². The van der Waals surface area contributed by atoms with Gasteiger partial charge in [0.25, 0.3) is 0 Å². The van der Waals surface area contributed by atoms with Gasteiger partial charge in [0.05, 0.1) is 11.0 Å². The van der Waals surface area contributed by atoms with Gasteiger partial charge < -0.3 is 5.11 Å². The van der Waals surface area contributed by atoms with Crippen molar-refractivity contribution in [2.75, 3.05) is 0 Å². The first-order valence-corrected chi connectivity index (χ1v) is 12.2. The third kappa shape index (κ3) is 4.99. The molecule has 4 rings (SSSR count). The SMILES string of the molecule is CC(O)c1cccc(Cc2cccc(-c3ccc(C(=O)C4CCCC4C(C)C)s3)c2)c1. The smallest absolute Gasteiger partial charge is 0.176 e. The number of rotatable bonds is 7. The summed E-state index contributed by atoms with van der Waals surface area (Å²) < 4.78 is 0. The van der Waals surface area contributed by atoms with E-state index < -0.39 is 6.10 Å². The Labute approximate surface area is 190 Å². The minimum absolute atomic E-state index is 0.194. The molecule has 0 radical (unpaired) electrons. The van der Waals surface area contributed by atoms with E-state index in [1.54, 1.807) is 18.3 Å². The number of hydrogen-bond donors (Lipinski definition) is 1. The molecule has 1 aliphatic rings. The van der Waals surface area contributed by atoms with Gasteiger partial charge in [0.15, 0.2) is 5.78 Å². The van der Waals surface area contributed by atoms with Crippen LogP contribution in [0.25, 0.3) is 10.4 Å². The molecule has 0 spiro atoms. The first-order chi connectivity index (χ1) is 14.9. The Hall–Kier alpha value is -2.23. The second kappa shape index (κ2) is 9.50. The van der Waals surface area contributed by atoms with E-state index in [0.29, 0.717) is 17.6 Å². The molecule has 31 heavy (non-hydrogen) atoms. The van der Waals surface area contributed by atoms with Gasteiger partial charge in [-0.05, 0) is 72.4 Å². The predicted molar refractivity (Wildman–Crippen MR) is 130 cm³/mol. The molecule has 3 aromatic rings. The number of ketones is 1. The molecule has 1 aromatic heterocycles. The summed E-state index contributed by atoms with van der Waals surface area (Å²) in [6.07, 6.45) is 3.77. The van der Waals surface area contributed by atoms with Crippen LogP contribution in [0.3, 0.4) is 0 Å². The number of carbonyl (C=O) groups is 1. The van der Waals surface area contributed by atoms with Crippen molar-refractivity contribution in [3.8, 4) is 10.4 Å². The van der Waals surface area contributed by atoms with Crippen molar-refractivity contribution in [1.29, 1.82) is 0 Å². The lowest BCUT2D eigenvalue weighted by molar-refractivity contribution is 0.0874. The summed E-state index contributed by atoms with van der Waals surface area (Å²) in [7, 11) is 0. The van der Waals surface area contributed by atoms with Gasteiger partial charge in [-0.1, -0.05) is 68.8 Å². The van der Waals surface area contributed by atoms with E-state index in [1.165, 1.54) is 29.5 Å². The molecule has 1 fully saturated rings. The molecule has 0 bridgehead atoms. The Balaban J connectivity index is 1.52. The molecule has 1 N–H and O–H groups in total. The summed E-state index contributed by atoms with van der Waals surface area (Å²) in [5.74, 6) is 1.64. The summed E-state index contributed by atoms with van der Waals surface area (Å²) in [4.78, 5) is 15.3. The molecule has 0 saturated heterocycles. The minimum atomic E-state index is -0.455. The van der Waals surface area contributed by atoms with Crippen LogP contribution in [0.4, 0.5) is 0 Å². The van der Waals surface area contributed by atoms with Gasteiger partial charge in [-0.15, -0.1) is 11.3 Å². The molecule has 162 valence electrons. The van der Waals surface area contributed by atoms with E-state index >= 15 is 0 Å². The maximum absolute atomic E-state index is 13.2. The van der Waals surface area contributed by atoms with Crippen LogP contribution in [0.1, 0.15) is 72.5 Å². The van der Waals surface area contributed by atoms with E-state index in [1.807, 2.05) is 18.2 Å². The van der Waals surface area contributed by atoms with Gasteiger partial charge in [0.1, 0.15) is 0 Å². The fourth-order valence-corrected chi connectivity index (χ4v) is 5.96. The van der Waals surface area contributed by atoms with Crippen LogP contribution in [-0.2, 0) is 6.42 Å². The maximum atomic E-state index is 13.2. The first kappa shape index (κ1) is 22.0. The standard InChI is InChI=1S/C28H32O2S/c1-18(2)24-11-6-12-25(24)28(30)27-14-13-26(31-27)23-10-5-8-21(17-23)15-20-7-4-9-22(16-20)19(3)29/h4-5,7-10,13-14,16-19,24-25,29H,6,11-12,15H2,1-3H3. The van der Waals surface area contributed by atoms with Crippen molar-refractivity contribution in [1.82, 2.24) is 0 Å². The van der Waals surface area contributed by atoms with E-state index in [2.05, 4.69) is 56.3 Å². The lowest BCUT2D eigenvalue weighted by Gasteiger charge is -2.21. The van der Waals surface area contributed by atoms with Crippen molar-refractivity contribution in [2.45, 2.75) is 52.6 Å². The van der Waals surface area contributed by atoms with Crippen LogP contribution in [0.5, 0.6) is 0 Å². The number of hydrogen-bond acceptors (Lipinski definition) is 3. The topological polar surface area (TPSA) is 37.3 Å². The molecule has 3 atom stereocenters. The molecule has 1 saturated carbocycles. The van der Waals surface area contributed by atoms with Gasteiger partial charge in [-0.2, -0.15) is 0 Å². The quantitative estimate of drug-likeness (QED) is 0.397. The van der Waals surface area contributed by atoms with Crippen LogP contribution in [0.15, 0.2) is 60.7 Å². The van der Waals surface area contributed by atoms with E-state index in [9.17, 15) is 9.90 Å². The highest BCUT2D eigenvalue weighted by molar-refractivity contribution is 7.17. The number of Topliss-reactive ketones (excluding diaryl/α,β-unsaturated/α-hetero) is 1. The Kier molecular flexibility index (Phi) is 6.74. The fraction of sp³-hybridized carbons (Fsp3) is 0.393. The lowest BCUT2D eigenvalue weighted by Crippen LogP contribution is -2.22. The Morgan fingerprint density at radius 3 is 2.48 bits per heavy atom. The molecular weight excluding hydrogens is 400 g/mol. The first-order valence-electron chi connectivity index (χ1n) is 11.4. The van der Waals surface area contributed by atoms with Gasteiger partial charge in [-0.3, -0.25) is 4.79 Å². The Morgan fingerprint density at radius 1 is 1.00 bits per heavy atom. The molecule has 2 nitrogen and oxygen atoms in total. The second-order valence-electron chi connectivity index (χ2n) is 9.27. The highest BCUT2D eigenvalue weighted by atomic mass is 32.1. The van der Waals surface area contributed by atoms with E-state index in [0.717, 1.165) is 28.2 Å². The summed E-state index contributed by atoms with van der Waals surface area (Å²) in [5.41, 5.74) is 4.54. The van der Waals surface area contributed by atoms with Crippen molar-refractivity contribution in [2.24, 2.45) is 17.8 Å². The third-order valence-corrected chi connectivity index (χ3v) is 7.81. The zero-order valence-electron chi connectivity index (χ0n) is 18.7. The predicted octanol–water partition coefficient (Wildman–Crippen LogP) is 7.31. The van der Waals surface area contributed by atoms with Gasteiger partial charge in [0.2, 0.25) is 0 Å². The molecule has 3 heteroatoms. The lowest BCUT2D eigenvalue weighted by atomic mass is 9.83. The molecule has 1 heterocycles. The Bertz CT molecular complexity index is 1050. The number of benzene rings is 2. The van der Waals surface area contributed by atoms with Crippen LogP contribution in [-0.4, -0.2) is 10.9 Å². The van der Waals surface area contributed by atoms with Crippen LogP contribution >= 0.6 is 11.3 Å². The van der Waals surface area contributed by atoms with E-state index in [4.69, 9.17) is 0 Å². The number of aliphatic hydroxyl groups is 1. The minimum Gasteiger partial charge on any atom is -0.389 e. The highest BCUT2D eigenvalue weighted by Gasteiger charge is 2.35. The van der Waals surface area contributed by atoms with Crippen molar-refractivity contribution in [3.63, 3.8) is 0 Å². The van der Waals surface area contributed by atoms with Gasteiger partial charge in [0, 0.05) is 10.8 Å².